The fourth-order valence-electron chi connectivity index (χ4n) is 1.49. The van der Waals surface area contributed by atoms with E-state index < -0.39 is 0 Å². The molecule has 0 bridgehead atoms. The van der Waals surface area contributed by atoms with Crippen LogP contribution in [0.4, 0.5) is 0 Å². The van der Waals surface area contributed by atoms with E-state index in [1.165, 1.54) is 51.4 Å². The van der Waals surface area contributed by atoms with Crippen molar-refractivity contribution in [3.63, 3.8) is 0 Å². The van der Waals surface area contributed by atoms with Gasteiger partial charge in [0.1, 0.15) is 0 Å². The standard InChI is InChI=1S/C12H25N/c1-3-4-5-6-7-8-9-10-11-12(2)13/h2-11,13H2,1H3. The van der Waals surface area contributed by atoms with Gasteiger partial charge in [-0.15, -0.1) is 0 Å². The predicted molar refractivity (Wildman–Crippen MR) is 60.6 cm³/mol. The van der Waals surface area contributed by atoms with E-state index in [0.29, 0.717) is 0 Å². The first-order valence-electron chi connectivity index (χ1n) is 5.70. The van der Waals surface area contributed by atoms with Gasteiger partial charge in [0.25, 0.3) is 0 Å². The highest BCUT2D eigenvalue weighted by Crippen LogP contribution is 2.10. The minimum Gasteiger partial charge on any atom is -0.403 e. The average molecular weight is 183 g/mol. The summed E-state index contributed by atoms with van der Waals surface area (Å²) in [5, 5.41) is 0. The summed E-state index contributed by atoms with van der Waals surface area (Å²) >= 11 is 0. The number of unbranched alkanes of at least 4 members (excludes halogenated alkanes) is 7. The lowest BCUT2D eigenvalue weighted by molar-refractivity contribution is 0.574. The molecule has 0 radical (unpaired) electrons. The van der Waals surface area contributed by atoms with Crippen LogP contribution in [0.5, 0.6) is 0 Å². The maximum Gasteiger partial charge on any atom is 0.000744 e. The van der Waals surface area contributed by atoms with Gasteiger partial charge in [-0.2, -0.15) is 0 Å². The van der Waals surface area contributed by atoms with Crippen LogP contribution in [-0.4, -0.2) is 0 Å². The molecule has 78 valence electrons. The molecule has 0 aliphatic carbocycles. The first kappa shape index (κ1) is 12.5. The summed E-state index contributed by atoms with van der Waals surface area (Å²) in [6, 6.07) is 0. The van der Waals surface area contributed by atoms with Gasteiger partial charge in [-0.1, -0.05) is 58.4 Å². The third-order valence-corrected chi connectivity index (χ3v) is 2.35. The van der Waals surface area contributed by atoms with Gasteiger partial charge in [0.2, 0.25) is 0 Å². The molecular weight excluding hydrogens is 158 g/mol. The van der Waals surface area contributed by atoms with Crippen LogP contribution in [0.25, 0.3) is 0 Å². The van der Waals surface area contributed by atoms with Gasteiger partial charge < -0.3 is 5.73 Å². The molecule has 0 aliphatic heterocycles. The lowest BCUT2D eigenvalue weighted by Crippen LogP contribution is -1.93. The molecule has 0 saturated carbocycles. The topological polar surface area (TPSA) is 26.0 Å². The molecule has 0 heterocycles. The Morgan fingerprint density at radius 3 is 1.85 bits per heavy atom. The van der Waals surface area contributed by atoms with Crippen LogP contribution in [0.2, 0.25) is 0 Å². The molecule has 0 fully saturated rings. The van der Waals surface area contributed by atoms with Gasteiger partial charge in [0, 0.05) is 5.70 Å². The largest absolute Gasteiger partial charge is 0.403 e. The van der Waals surface area contributed by atoms with E-state index in [9.17, 15) is 0 Å². The summed E-state index contributed by atoms with van der Waals surface area (Å²) in [4.78, 5) is 0. The Kier molecular flexibility index (Phi) is 9.29. The smallest absolute Gasteiger partial charge is 0.000744 e. The Balaban J connectivity index is 2.87. The molecule has 0 aromatic rings. The zero-order valence-electron chi connectivity index (χ0n) is 9.15. The summed E-state index contributed by atoms with van der Waals surface area (Å²) in [6.07, 6.45) is 11.9. The van der Waals surface area contributed by atoms with Crippen LogP contribution < -0.4 is 5.73 Å². The van der Waals surface area contributed by atoms with Crippen molar-refractivity contribution in [3.8, 4) is 0 Å². The van der Waals surface area contributed by atoms with E-state index in [4.69, 9.17) is 5.73 Å². The fourth-order valence-corrected chi connectivity index (χ4v) is 1.49. The third kappa shape index (κ3) is 11.5. The van der Waals surface area contributed by atoms with E-state index >= 15 is 0 Å². The molecule has 0 rings (SSSR count). The van der Waals surface area contributed by atoms with E-state index in [2.05, 4.69) is 13.5 Å². The second-order valence-corrected chi connectivity index (χ2v) is 3.88. The quantitative estimate of drug-likeness (QED) is 0.537. The van der Waals surface area contributed by atoms with Crippen LogP contribution in [-0.2, 0) is 0 Å². The van der Waals surface area contributed by atoms with Crippen molar-refractivity contribution in [2.75, 3.05) is 0 Å². The van der Waals surface area contributed by atoms with Crippen molar-refractivity contribution in [3.05, 3.63) is 12.3 Å². The fraction of sp³-hybridized carbons (Fsp3) is 0.833. The molecular formula is C12H25N. The average Bonchev–Trinajstić information content (AvgIpc) is 2.09. The summed E-state index contributed by atoms with van der Waals surface area (Å²) < 4.78 is 0. The molecule has 0 amide bonds. The molecule has 0 aliphatic rings. The number of hydrogen-bond donors (Lipinski definition) is 1. The molecule has 0 unspecified atom stereocenters. The number of rotatable bonds is 9. The van der Waals surface area contributed by atoms with Crippen molar-refractivity contribution >= 4 is 0 Å². The summed E-state index contributed by atoms with van der Waals surface area (Å²) in [5.41, 5.74) is 6.32. The lowest BCUT2D eigenvalue weighted by Gasteiger charge is -2.01. The van der Waals surface area contributed by atoms with Gasteiger partial charge in [-0.3, -0.25) is 0 Å². The Labute approximate surface area is 83.4 Å². The zero-order valence-corrected chi connectivity index (χ0v) is 9.15. The minimum absolute atomic E-state index is 0.839. The van der Waals surface area contributed by atoms with E-state index in [0.717, 1.165) is 12.1 Å². The maximum atomic E-state index is 5.48. The van der Waals surface area contributed by atoms with Gasteiger partial charge in [0.05, 0.1) is 0 Å². The Hall–Kier alpha value is -0.460. The summed E-state index contributed by atoms with van der Waals surface area (Å²) in [6.45, 7) is 5.95. The van der Waals surface area contributed by atoms with Crippen LogP contribution in [0.1, 0.15) is 64.7 Å². The molecule has 0 aromatic heterocycles. The van der Waals surface area contributed by atoms with Crippen LogP contribution in [0, 0.1) is 0 Å². The number of allylic oxidation sites excluding steroid dienone is 1. The molecule has 0 atom stereocenters. The maximum absolute atomic E-state index is 5.48. The highest BCUT2D eigenvalue weighted by Gasteiger charge is 1.91. The molecule has 0 aromatic carbocycles. The summed E-state index contributed by atoms with van der Waals surface area (Å²) in [7, 11) is 0. The molecule has 13 heavy (non-hydrogen) atoms. The van der Waals surface area contributed by atoms with Gasteiger partial charge in [-0.25, -0.2) is 0 Å². The van der Waals surface area contributed by atoms with Crippen LogP contribution in [0.3, 0.4) is 0 Å². The van der Waals surface area contributed by atoms with Crippen molar-refractivity contribution < 1.29 is 0 Å². The molecule has 0 saturated heterocycles. The molecule has 1 nitrogen and oxygen atoms in total. The third-order valence-electron chi connectivity index (χ3n) is 2.35. The van der Waals surface area contributed by atoms with E-state index in [1.54, 1.807) is 0 Å². The van der Waals surface area contributed by atoms with Crippen molar-refractivity contribution in [2.45, 2.75) is 64.7 Å². The highest BCUT2D eigenvalue weighted by molar-refractivity contribution is 4.84. The van der Waals surface area contributed by atoms with Crippen LogP contribution in [0.15, 0.2) is 12.3 Å². The Morgan fingerprint density at radius 1 is 0.923 bits per heavy atom. The highest BCUT2D eigenvalue weighted by atomic mass is 14.5. The van der Waals surface area contributed by atoms with Crippen molar-refractivity contribution in [1.29, 1.82) is 0 Å². The first-order valence-corrected chi connectivity index (χ1v) is 5.70. The second-order valence-electron chi connectivity index (χ2n) is 3.88. The molecule has 2 N–H and O–H groups in total. The Bertz CT molecular complexity index is 118. The second kappa shape index (κ2) is 9.63. The first-order chi connectivity index (χ1) is 6.27. The van der Waals surface area contributed by atoms with Gasteiger partial charge in [0.15, 0.2) is 0 Å². The summed E-state index contributed by atoms with van der Waals surface area (Å²) in [5.74, 6) is 0. The monoisotopic (exact) mass is 183 g/mol. The zero-order chi connectivity index (χ0) is 9.94. The van der Waals surface area contributed by atoms with E-state index in [1.807, 2.05) is 0 Å². The molecule has 0 spiro atoms. The number of nitrogens with two attached hydrogens (primary N) is 1. The molecule has 1 heteroatoms. The SMILES string of the molecule is C=C(N)CCCCCCCCCC. The van der Waals surface area contributed by atoms with Gasteiger partial charge in [-0.05, 0) is 12.8 Å². The number of hydrogen-bond acceptors (Lipinski definition) is 1. The predicted octanol–water partition coefficient (Wildman–Crippen LogP) is 3.99. The lowest BCUT2D eigenvalue weighted by atomic mass is 10.1. The van der Waals surface area contributed by atoms with Crippen molar-refractivity contribution in [2.24, 2.45) is 5.73 Å². The normalized spacial score (nSPS) is 10.2. The van der Waals surface area contributed by atoms with E-state index in [-0.39, 0.29) is 0 Å². The van der Waals surface area contributed by atoms with Gasteiger partial charge >= 0.3 is 0 Å². The Morgan fingerprint density at radius 2 is 1.38 bits per heavy atom. The van der Waals surface area contributed by atoms with Crippen molar-refractivity contribution in [1.82, 2.24) is 0 Å². The minimum atomic E-state index is 0.839. The van der Waals surface area contributed by atoms with Crippen LogP contribution >= 0.6 is 0 Å².